The van der Waals surface area contributed by atoms with Gasteiger partial charge in [-0.1, -0.05) is 6.07 Å². The first-order chi connectivity index (χ1) is 6.68. The molecule has 0 fully saturated rings. The van der Waals surface area contributed by atoms with Gasteiger partial charge in [0.25, 0.3) is 0 Å². The van der Waals surface area contributed by atoms with Crippen molar-refractivity contribution in [1.82, 2.24) is 4.57 Å². The molecule has 0 aliphatic carbocycles. The van der Waals surface area contributed by atoms with Gasteiger partial charge in [-0.2, -0.15) is 4.57 Å². The van der Waals surface area contributed by atoms with Gasteiger partial charge in [-0.15, -0.1) is 0 Å². The monoisotopic (exact) mass is 187 g/mol. The maximum Gasteiger partial charge on any atom is 0.228 e. The molecule has 0 atom stereocenters. The second-order valence-corrected chi connectivity index (χ2v) is 3.66. The highest BCUT2D eigenvalue weighted by Crippen LogP contribution is 2.06. The normalized spacial score (nSPS) is 10.5. The van der Waals surface area contributed by atoms with Crippen LogP contribution in [0.3, 0.4) is 0 Å². The summed E-state index contributed by atoms with van der Waals surface area (Å²) in [6.45, 7) is 4.23. The molecule has 0 aliphatic heterocycles. The minimum atomic E-state index is 1.23. The van der Waals surface area contributed by atoms with Crippen LogP contribution in [0.1, 0.15) is 11.4 Å². The summed E-state index contributed by atoms with van der Waals surface area (Å²) in [5.74, 6) is 0. The predicted molar refractivity (Wildman–Crippen MR) is 56.4 cm³/mol. The fraction of sp³-hybridized carbons (Fsp3) is 0.250. The highest BCUT2D eigenvalue weighted by Gasteiger charge is 2.11. The van der Waals surface area contributed by atoms with E-state index >= 15 is 0 Å². The predicted octanol–water partition coefficient (Wildman–Crippen LogP) is 1.92. The summed E-state index contributed by atoms with van der Waals surface area (Å²) in [6, 6.07) is 8.41. The Morgan fingerprint density at radius 1 is 1.21 bits per heavy atom. The maximum atomic E-state index is 2.19. The lowest BCUT2D eigenvalue weighted by molar-refractivity contribution is -0.602. The van der Waals surface area contributed by atoms with E-state index in [1.54, 1.807) is 0 Å². The highest BCUT2D eigenvalue weighted by atomic mass is 15.0. The van der Waals surface area contributed by atoms with Crippen molar-refractivity contribution in [2.24, 2.45) is 7.05 Å². The molecule has 0 saturated carbocycles. The molecule has 0 saturated heterocycles. The lowest BCUT2D eigenvalue weighted by Crippen LogP contribution is -2.32. The summed E-state index contributed by atoms with van der Waals surface area (Å²) in [5.41, 5.74) is 3.75. The zero-order valence-electron chi connectivity index (χ0n) is 8.86. The van der Waals surface area contributed by atoms with Gasteiger partial charge in [0, 0.05) is 37.9 Å². The lowest BCUT2D eigenvalue weighted by Gasteiger charge is -1.94. The standard InChI is InChI=1S/C12H15N2/c1-10-6-4-5-7-14(10)12-8-11(2)13(3)9-12/h4-9H,1-3H3/q+1. The van der Waals surface area contributed by atoms with E-state index in [4.69, 9.17) is 0 Å². The Balaban J connectivity index is 2.55. The fourth-order valence-electron chi connectivity index (χ4n) is 1.60. The van der Waals surface area contributed by atoms with Crippen LogP contribution in [0, 0.1) is 13.8 Å². The fourth-order valence-corrected chi connectivity index (χ4v) is 1.60. The summed E-state index contributed by atoms with van der Waals surface area (Å²) in [7, 11) is 2.07. The van der Waals surface area contributed by atoms with Gasteiger partial charge in [-0.3, -0.25) is 0 Å². The second kappa shape index (κ2) is 3.29. The summed E-state index contributed by atoms with van der Waals surface area (Å²) in [5, 5.41) is 0. The van der Waals surface area contributed by atoms with Crippen molar-refractivity contribution in [2.45, 2.75) is 13.8 Å². The SMILES string of the molecule is Cc1cc(-[n+]2ccccc2C)cn1C. The van der Waals surface area contributed by atoms with Gasteiger partial charge in [0.15, 0.2) is 11.9 Å². The number of aryl methyl sites for hydroxylation is 3. The minimum absolute atomic E-state index is 1.23. The number of hydrogen-bond donors (Lipinski definition) is 0. The molecule has 0 radical (unpaired) electrons. The van der Waals surface area contributed by atoms with Crippen LogP contribution in [0.2, 0.25) is 0 Å². The Kier molecular flexibility index (Phi) is 2.12. The molecule has 2 heteroatoms. The van der Waals surface area contributed by atoms with E-state index in [1.807, 2.05) is 0 Å². The minimum Gasteiger partial charge on any atom is -0.349 e. The van der Waals surface area contributed by atoms with E-state index in [0.29, 0.717) is 0 Å². The lowest BCUT2D eigenvalue weighted by atomic mass is 10.3. The summed E-state index contributed by atoms with van der Waals surface area (Å²) < 4.78 is 4.32. The topological polar surface area (TPSA) is 8.81 Å². The van der Waals surface area contributed by atoms with Crippen LogP contribution in [0.4, 0.5) is 0 Å². The molecule has 0 aliphatic rings. The van der Waals surface area contributed by atoms with Gasteiger partial charge in [-0.25, -0.2) is 0 Å². The zero-order chi connectivity index (χ0) is 10.1. The van der Waals surface area contributed by atoms with Crippen molar-refractivity contribution in [2.75, 3.05) is 0 Å². The van der Waals surface area contributed by atoms with E-state index in [1.165, 1.54) is 17.1 Å². The molecular formula is C12H15N2+. The Morgan fingerprint density at radius 3 is 2.57 bits per heavy atom. The highest BCUT2D eigenvalue weighted by molar-refractivity contribution is 5.24. The van der Waals surface area contributed by atoms with Crippen molar-refractivity contribution in [3.8, 4) is 5.69 Å². The first-order valence-electron chi connectivity index (χ1n) is 4.79. The van der Waals surface area contributed by atoms with Crippen molar-refractivity contribution in [1.29, 1.82) is 0 Å². The molecule has 2 nitrogen and oxygen atoms in total. The van der Waals surface area contributed by atoms with Gasteiger partial charge in [0.05, 0.1) is 6.20 Å². The van der Waals surface area contributed by atoms with Gasteiger partial charge >= 0.3 is 0 Å². The van der Waals surface area contributed by atoms with Gasteiger partial charge in [-0.05, 0) is 6.92 Å². The van der Waals surface area contributed by atoms with E-state index in [-0.39, 0.29) is 0 Å². The molecule has 0 amide bonds. The molecule has 2 aromatic rings. The summed E-state index contributed by atoms with van der Waals surface area (Å²) in [6.07, 6.45) is 4.23. The van der Waals surface area contributed by atoms with Crippen LogP contribution < -0.4 is 4.57 Å². The molecule has 0 bridgehead atoms. The molecule has 2 heterocycles. The van der Waals surface area contributed by atoms with Crippen molar-refractivity contribution in [3.63, 3.8) is 0 Å². The van der Waals surface area contributed by atoms with Crippen LogP contribution in [-0.2, 0) is 7.05 Å². The van der Waals surface area contributed by atoms with E-state index in [2.05, 4.69) is 66.7 Å². The van der Waals surface area contributed by atoms with E-state index < -0.39 is 0 Å². The van der Waals surface area contributed by atoms with Gasteiger partial charge in [0.1, 0.15) is 0 Å². The Bertz CT molecular complexity index is 436. The molecule has 2 rings (SSSR count). The third-order valence-corrected chi connectivity index (χ3v) is 2.58. The molecular weight excluding hydrogens is 172 g/mol. The Labute approximate surface area is 84.4 Å². The Hall–Kier alpha value is -1.57. The Morgan fingerprint density at radius 2 is 2.00 bits per heavy atom. The number of pyridine rings is 1. The number of aromatic nitrogens is 2. The largest absolute Gasteiger partial charge is 0.349 e. The van der Waals surface area contributed by atoms with Crippen LogP contribution in [0.15, 0.2) is 36.7 Å². The molecule has 0 unspecified atom stereocenters. The van der Waals surface area contributed by atoms with Crippen LogP contribution >= 0.6 is 0 Å². The van der Waals surface area contributed by atoms with Crippen molar-refractivity contribution < 1.29 is 4.57 Å². The molecule has 2 aromatic heterocycles. The van der Waals surface area contributed by atoms with E-state index in [0.717, 1.165) is 0 Å². The number of rotatable bonds is 1. The number of nitrogens with zero attached hydrogens (tertiary/aromatic N) is 2. The maximum absolute atomic E-state index is 2.19. The molecule has 0 N–H and O–H groups in total. The number of hydrogen-bond acceptors (Lipinski definition) is 0. The smallest absolute Gasteiger partial charge is 0.228 e. The zero-order valence-corrected chi connectivity index (χ0v) is 8.86. The third kappa shape index (κ3) is 1.43. The molecule has 14 heavy (non-hydrogen) atoms. The van der Waals surface area contributed by atoms with E-state index in [9.17, 15) is 0 Å². The average molecular weight is 187 g/mol. The first-order valence-corrected chi connectivity index (χ1v) is 4.79. The van der Waals surface area contributed by atoms with Gasteiger partial charge < -0.3 is 4.57 Å². The molecule has 0 aromatic carbocycles. The summed E-state index contributed by atoms with van der Waals surface area (Å²) in [4.78, 5) is 0. The third-order valence-electron chi connectivity index (χ3n) is 2.58. The second-order valence-electron chi connectivity index (χ2n) is 3.66. The van der Waals surface area contributed by atoms with Crippen LogP contribution in [-0.4, -0.2) is 4.57 Å². The summed E-state index contributed by atoms with van der Waals surface area (Å²) >= 11 is 0. The van der Waals surface area contributed by atoms with Gasteiger partial charge in [0.2, 0.25) is 5.69 Å². The van der Waals surface area contributed by atoms with Crippen molar-refractivity contribution in [3.05, 3.63) is 48.0 Å². The van der Waals surface area contributed by atoms with Crippen LogP contribution in [0.25, 0.3) is 5.69 Å². The molecule has 72 valence electrons. The average Bonchev–Trinajstić information content (AvgIpc) is 2.48. The van der Waals surface area contributed by atoms with Crippen LogP contribution in [0.5, 0.6) is 0 Å². The first kappa shape index (κ1) is 9.00. The molecule has 0 spiro atoms. The van der Waals surface area contributed by atoms with Crippen molar-refractivity contribution >= 4 is 0 Å². The quantitative estimate of drug-likeness (QED) is 0.603.